The van der Waals surface area contributed by atoms with E-state index in [1.165, 1.54) is 11.1 Å². The van der Waals surface area contributed by atoms with E-state index in [0.717, 1.165) is 11.1 Å². The molecule has 0 aliphatic rings. The minimum Gasteiger partial charge on any atom is -0.390 e. The molecular weight excluding hydrogens is 236 g/mol. The first kappa shape index (κ1) is 13.8. The van der Waals surface area contributed by atoms with Crippen LogP contribution in [0.2, 0.25) is 0 Å². The highest BCUT2D eigenvalue weighted by Gasteiger charge is 2.18. The number of hydrogen-bond donors (Lipinski definition) is 2. The van der Waals surface area contributed by atoms with Crippen LogP contribution in [0.25, 0.3) is 0 Å². The van der Waals surface area contributed by atoms with Crippen molar-refractivity contribution in [2.24, 2.45) is 0 Å². The Morgan fingerprint density at radius 3 is 2.21 bits per heavy atom. The standard InChI is InChI=1S/C17H20O2/c1-12-8-9-14(10-13(12)2)11-16(18)17(19)15-6-4-3-5-7-15/h3-10,16-19H,11H2,1-2H3. The number of benzene rings is 2. The Kier molecular flexibility index (Phi) is 4.35. The van der Waals surface area contributed by atoms with Gasteiger partial charge in [-0.25, -0.2) is 0 Å². The second kappa shape index (κ2) is 6.00. The Hall–Kier alpha value is -1.64. The SMILES string of the molecule is Cc1ccc(CC(O)C(O)c2ccccc2)cc1C. The summed E-state index contributed by atoms with van der Waals surface area (Å²) in [5.41, 5.74) is 4.24. The molecule has 2 unspecified atom stereocenters. The fourth-order valence-corrected chi connectivity index (χ4v) is 2.16. The van der Waals surface area contributed by atoms with Crippen molar-refractivity contribution in [1.82, 2.24) is 0 Å². The van der Waals surface area contributed by atoms with E-state index >= 15 is 0 Å². The van der Waals surface area contributed by atoms with Gasteiger partial charge in [0, 0.05) is 6.42 Å². The van der Waals surface area contributed by atoms with Crippen LogP contribution in [-0.2, 0) is 6.42 Å². The van der Waals surface area contributed by atoms with Crippen LogP contribution in [0, 0.1) is 13.8 Å². The number of aliphatic hydroxyl groups excluding tert-OH is 2. The summed E-state index contributed by atoms with van der Waals surface area (Å²) >= 11 is 0. The third-order valence-corrected chi connectivity index (χ3v) is 3.52. The molecule has 2 aromatic rings. The summed E-state index contributed by atoms with van der Waals surface area (Å²) in [5.74, 6) is 0. The molecular formula is C17H20O2. The van der Waals surface area contributed by atoms with Crippen molar-refractivity contribution >= 4 is 0 Å². The van der Waals surface area contributed by atoms with Crippen LogP contribution >= 0.6 is 0 Å². The van der Waals surface area contributed by atoms with Gasteiger partial charge in [0.25, 0.3) is 0 Å². The average Bonchev–Trinajstić information content (AvgIpc) is 2.43. The first-order valence-electron chi connectivity index (χ1n) is 6.55. The van der Waals surface area contributed by atoms with Gasteiger partial charge in [-0.2, -0.15) is 0 Å². The molecule has 2 rings (SSSR count). The zero-order chi connectivity index (χ0) is 13.8. The average molecular weight is 256 g/mol. The van der Waals surface area contributed by atoms with Crippen LogP contribution in [0.4, 0.5) is 0 Å². The highest BCUT2D eigenvalue weighted by molar-refractivity contribution is 5.30. The van der Waals surface area contributed by atoms with Crippen LogP contribution in [0.1, 0.15) is 28.4 Å². The second-order valence-corrected chi connectivity index (χ2v) is 5.05. The molecule has 0 radical (unpaired) electrons. The van der Waals surface area contributed by atoms with Crippen molar-refractivity contribution in [1.29, 1.82) is 0 Å². The van der Waals surface area contributed by atoms with Gasteiger partial charge in [0.1, 0.15) is 6.10 Å². The van der Waals surface area contributed by atoms with Gasteiger partial charge < -0.3 is 10.2 Å². The van der Waals surface area contributed by atoms with Crippen molar-refractivity contribution in [3.8, 4) is 0 Å². The van der Waals surface area contributed by atoms with Gasteiger partial charge in [0.2, 0.25) is 0 Å². The Morgan fingerprint density at radius 2 is 1.58 bits per heavy atom. The monoisotopic (exact) mass is 256 g/mol. The highest BCUT2D eigenvalue weighted by atomic mass is 16.3. The maximum Gasteiger partial charge on any atom is 0.105 e. The largest absolute Gasteiger partial charge is 0.390 e. The molecule has 2 aromatic carbocycles. The van der Waals surface area contributed by atoms with Crippen molar-refractivity contribution in [2.75, 3.05) is 0 Å². The fourth-order valence-electron chi connectivity index (χ4n) is 2.16. The summed E-state index contributed by atoms with van der Waals surface area (Å²) in [5, 5.41) is 20.3. The molecule has 19 heavy (non-hydrogen) atoms. The minimum atomic E-state index is -0.845. The first-order chi connectivity index (χ1) is 9.08. The van der Waals surface area contributed by atoms with Crippen molar-refractivity contribution in [2.45, 2.75) is 32.5 Å². The lowest BCUT2D eigenvalue weighted by Crippen LogP contribution is -2.20. The summed E-state index contributed by atoms with van der Waals surface area (Å²) in [4.78, 5) is 0. The van der Waals surface area contributed by atoms with E-state index in [0.29, 0.717) is 6.42 Å². The fraction of sp³-hybridized carbons (Fsp3) is 0.294. The van der Waals surface area contributed by atoms with Gasteiger partial charge >= 0.3 is 0 Å². The van der Waals surface area contributed by atoms with Crippen molar-refractivity contribution in [3.63, 3.8) is 0 Å². The molecule has 0 aromatic heterocycles. The highest BCUT2D eigenvalue weighted by Crippen LogP contribution is 2.20. The number of hydrogen-bond acceptors (Lipinski definition) is 2. The molecule has 2 N–H and O–H groups in total. The molecule has 0 saturated heterocycles. The predicted octanol–water partition coefficient (Wildman–Crippen LogP) is 2.94. The Bertz CT molecular complexity index is 534. The lowest BCUT2D eigenvalue weighted by atomic mass is 9.96. The van der Waals surface area contributed by atoms with Crippen LogP contribution < -0.4 is 0 Å². The quantitative estimate of drug-likeness (QED) is 0.883. The smallest absolute Gasteiger partial charge is 0.105 e. The first-order valence-corrected chi connectivity index (χ1v) is 6.55. The molecule has 0 amide bonds. The Labute approximate surface area is 114 Å². The summed E-state index contributed by atoms with van der Waals surface area (Å²) in [6.45, 7) is 4.12. The zero-order valence-electron chi connectivity index (χ0n) is 11.4. The summed E-state index contributed by atoms with van der Waals surface area (Å²) < 4.78 is 0. The maximum absolute atomic E-state index is 10.1. The number of aryl methyl sites for hydroxylation is 2. The molecule has 2 nitrogen and oxygen atoms in total. The van der Waals surface area contributed by atoms with Gasteiger partial charge in [0.05, 0.1) is 6.10 Å². The summed E-state index contributed by atoms with van der Waals surface area (Å²) in [6, 6.07) is 15.4. The predicted molar refractivity (Wildman–Crippen MR) is 77.0 cm³/mol. The van der Waals surface area contributed by atoms with Gasteiger partial charge in [-0.1, -0.05) is 48.5 Å². The van der Waals surface area contributed by atoms with Crippen LogP contribution in [0.3, 0.4) is 0 Å². The lowest BCUT2D eigenvalue weighted by molar-refractivity contribution is 0.0189. The van der Waals surface area contributed by atoms with Crippen LogP contribution in [0.5, 0.6) is 0 Å². The maximum atomic E-state index is 10.1. The molecule has 0 aliphatic heterocycles. The normalized spacial score (nSPS) is 14.1. The van der Waals surface area contributed by atoms with E-state index in [2.05, 4.69) is 19.9 Å². The van der Waals surface area contributed by atoms with E-state index in [9.17, 15) is 10.2 Å². The van der Waals surface area contributed by atoms with Gasteiger partial charge in [-0.05, 0) is 36.1 Å². The van der Waals surface area contributed by atoms with Gasteiger partial charge in [-0.3, -0.25) is 0 Å². The number of rotatable bonds is 4. The molecule has 0 saturated carbocycles. The Balaban J connectivity index is 2.08. The number of aliphatic hydroxyl groups is 2. The molecule has 0 heterocycles. The van der Waals surface area contributed by atoms with Crippen molar-refractivity contribution < 1.29 is 10.2 Å². The molecule has 0 bridgehead atoms. The second-order valence-electron chi connectivity index (χ2n) is 5.05. The zero-order valence-corrected chi connectivity index (χ0v) is 11.4. The van der Waals surface area contributed by atoms with E-state index in [1.807, 2.05) is 42.5 Å². The van der Waals surface area contributed by atoms with E-state index in [1.54, 1.807) is 0 Å². The summed E-state index contributed by atoms with van der Waals surface area (Å²) in [6.07, 6.45) is -1.18. The third-order valence-electron chi connectivity index (χ3n) is 3.52. The lowest BCUT2D eigenvalue weighted by Gasteiger charge is -2.18. The molecule has 100 valence electrons. The van der Waals surface area contributed by atoms with E-state index in [-0.39, 0.29) is 0 Å². The summed E-state index contributed by atoms with van der Waals surface area (Å²) in [7, 11) is 0. The molecule has 0 aliphatic carbocycles. The van der Waals surface area contributed by atoms with E-state index in [4.69, 9.17) is 0 Å². The molecule has 0 spiro atoms. The minimum absolute atomic E-state index is 0.456. The molecule has 2 atom stereocenters. The topological polar surface area (TPSA) is 40.5 Å². The van der Waals surface area contributed by atoms with Gasteiger partial charge in [-0.15, -0.1) is 0 Å². The molecule has 0 fully saturated rings. The van der Waals surface area contributed by atoms with Crippen LogP contribution in [0.15, 0.2) is 48.5 Å². The van der Waals surface area contributed by atoms with Gasteiger partial charge in [0.15, 0.2) is 0 Å². The third kappa shape index (κ3) is 3.43. The Morgan fingerprint density at radius 1 is 0.895 bits per heavy atom. The molecule has 2 heteroatoms. The van der Waals surface area contributed by atoms with E-state index < -0.39 is 12.2 Å². The van der Waals surface area contributed by atoms with Crippen LogP contribution in [-0.4, -0.2) is 16.3 Å². The van der Waals surface area contributed by atoms with Crippen molar-refractivity contribution in [3.05, 3.63) is 70.8 Å².